The highest BCUT2D eigenvalue weighted by Crippen LogP contribution is 2.16. The predicted molar refractivity (Wildman–Crippen MR) is 75.1 cm³/mol. The van der Waals surface area contributed by atoms with Crippen LogP contribution in [0.15, 0.2) is 17.0 Å². The monoisotopic (exact) mass is 303 g/mol. The zero-order valence-electron chi connectivity index (χ0n) is 9.58. The molecule has 1 aromatic heterocycles. The summed E-state index contributed by atoms with van der Waals surface area (Å²) in [4.78, 5) is 8.08. The zero-order valence-corrected chi connectivity index (χ0v) is 12.0. The molecule has 0 unspecified atom stereocenters. The predicted octanol–water partition coefficient (Wildman–Crippen LogP) is 3.57. The van der Waals surface area contributed by atoms with Crippen molar-refractivity contribution in [2.24, 2.45) is 0 Å². The van der Waals surface area contributed by atoms with Crippen LogP contribution in [0.3, 0.4) is 0 Å². The zero-order chi connectivity index (χ0) is 11.6. The van der Waals surface area contributed by atoms with Crippen LogP contribution in [0.4, 0.5) is 5.82 Å². The number of aromatic nitrogens is 2. The van der Waals surface area contributed by atoms with Gasteiger partial charge in [-0.2, -0.15) is 11.8 Å². The van der Waals surface area contributed by atoms with Gasteiger partial charge in [0.25, 0.3) is 0 Å². The minimum absolute atomic E-state index is 0.888. The Balaban J connectivity index is 2.05. The lowest BCUT2D eigenvalue weighted by atomic mass is 10.2. The third kappa shape index (κ3) is 5.70. The number of anilines is 1. The van der Waals surface area contributed by atoms with Crippen LogP contribution >= 0.6 is 27.7 Å². The van der Waals surface area contributed by atoms with E-state index in [2.05, 4.69) is 37.5 Å². The molecule has 0 spiro atoms. The van der Waals surface area contributed by atoms with E-state index in [0.717, 1.165) is 16.8 Å². The molecule has 0 aliphatic rings. The van der Waals surface area contributed by atoms with E-state index >= 15 is 0 Å². The van der Waals surface area contributed by atoms with Crippen LogP contribution in [0.5, 0.6) is 0 Å². The van der Waals surface area contributed by atoms with Crippen LogP contribution in [0.25, 0.3) is 0 Å². The molecule has 0 atom stereocenters. The summed E-state index contributed by atoms with van der Waals surface area (Å²) in [7, 11) is 0. The number of nitrogens with zero attached hydrogens (tertiary/aromatic N) is 2. The molecule has 5 heteroatoms. The van der Waals surface area contributed by atoms with Gasteiger partial charge in [0, 0.05) is 12.7 Å². The molecule has 0 saturated carbocycles. The molecule has 0 aliphatic heterocycles. The lowest BCUT2D eigenvalue weighted by Gasteiger charge is -2.06. The smallest absolute Gasteiger partial charge is 0.143 e. The van der Waals surface area contributed by atoms with E-state index in [1.165, 1.54) is 31.4 Å². The fourth-order valence-electron chi connectivity index (χ4n) is 1.37. The maximum atomic E-state index is 4.15. The van der Waals surface area contributed by atoms with Gasteiger partial charge in [-0.25, -0.2) is 9.97 Å². The van der Waals surface area contributed by atoms with E-state index < -0.39 is 0 Å². The Kier molecular flexibility index (Phi) is 7.59. The van der Waals surface area contributed by atoms with Gasteiger partial charge in [-0.15, -0.1) is 0 Å². The molecule has 1 rings (SSSR count). The van der Waals surface area contributed by atoms with Gasteiger partial charge >= 0.3 is 0 Å². The number of halogens is 1. The van der Waals surface area contributed by atoms with Crippen molar-refractivity contribution in [1.29, 1.82) is 0 Å². The Morgan fingerprint density at radius 3 is 2.88 bits per heavy atom. The minimum atomic E-state index is 0.888. The highest BCUT2D eigenvalue weighted by molar-refractivity contribution is 9.10. The van der Waals surface area contributed by atoms with Gasteiger partial charge in [-0.1, -0.05) is 12.8 Å². The molecule has 1 heterocycles. The first-order valence-electron chi connectivity index (χ1n) is 5.53. The average molecular weight is 304 g/mol. The molecule has 3 nitrogen and oxygen atoms in total. The van der Waals surface area contributed by atoms with Crippen LogP contribution in [-0.4, -0.2) is 28.5 Å². The second-order valence-corrected chi connectivity index (χ2v) is 5.39. The van der Waals surface area contributed by atoms with E-state index in [1.54, 1.807) is 12.5 Å². The lowest BCUT2D eigenvalue weighted by Crippen LogP contribution is -2.04. The summed E-state index contributed by atoms with van der Waals surface area (Å²) in [5.74, 6) is 2.17. The number of nitrogens with one attached hydrogen (secondary N) is 1. The van der Waals surface area contributed by atoms with Crippen molar-refractivity contribution in [3.05, 3.63) is 17.0 Å². The average Bonchev–Trinajstić information content (AvgIpc) is 2.30. The Morgan fingerprint density at radius 1 is 1.31 bits per heavy atom. The van der Waals surface area contributed by atoms with Crippen molar-refractivity contribution in [1.82, 2.24) is 9.97 Å². The number of rotatable bonds is 8. The number of thioether (sulfide) groups is 1. The van der Waals surface area contributed by atoms with E-state index in [0.29, 0.717) is 0 Å². The van der Waals surface area contributed by atoms with E-state index in [9.17, 15) is 0 Å². The quantitative estimate of drug-likeness (QED) is 0.745. The van der Waals surface area contributed by atoms with Crippen molar-refractivity contribution in [2.75, 3.05) is 23.9 Å². The standard InChI is InChI=1S/C11H18BrN3S/c1-16-7-5-3-2-4-6-14-11-10(12)8-13-9-15-11/h8-9H,2-7H2,1H3,(H,13,14,15). The van der Waals surface area contributed by atoms with Crippen molar-refractivity contribution >= 4 is 33.5 Å². The lowest BCUT2D eigenvalue weighted by molar-refractivity contribution is 0.688. The molecule has 0 amide bonds. The summed E-state index contributed by atoms with van der Waals surface area (Å²) >= 11 is 5.33. The number of hydrogen-bond acceptors (Lipinski definition) is 4. The summed E-state index contributed by atoms with van der Waals surface area (Å²) < 4.78 is 0.928. The Morgan fingerprint density at radius 2 is 2.12 bits per heavy atom. The van der Waals surface area contributed by atoms with Crippen molar-refractivity contribution in [3.8, 4) is 0 Å². The van der Waals surface area contributed by atoms with Gasteiger partial charge < -0.3 is 5.32 Å². The molecule has 0 aromatic carbocycles. The maximum absolute atomic E-state index is 4.15. The second kappa shape index (κ2) is 8.82. The van der Waals surface area contributed by atoms with Gasteiger partial charge in [0.05, 0.1) is 4.47 Å². The Labute approximate surface area is 110 Å². The van der Waals surface area contributed by atoms with Crippen molar-refractivity contribution in [2.45, 2.75) is 25.7 Å². The maximum Gasteiger partial charge on any atom is 0.143 e. The molecule has 0 aliphatic carbocycles. The van der Waals surface area contributed by atoms with Crippen LogP contribution in [0.2, 0.25) is 0 Å². The third-order valence-corrected chi connectivity index (χ3v) is 3.51. The van der Waals surface area contributed by atoms with E-state index in [4.69, 9.17) is 0 Å². The van der Waals surface area contributed by atoms with Gasteiger partial charge in [0.1, 0.15) is 12.1 Å². The van der Waals surface area contributed by atoms with Crippen molar-refractivity contribution in [3.63, 3.8) is 0 Å². The minimum Gasteiger partial charge on any atom is -0.369 e. The molecular formula is C11H18BrN3S. The summed E-state index contributed by atoms with van der Waals surface area (Å²) in [5.41, 5.74) is 0. The first kappa shape index (κ1) is 13.8. The van der Waals surface area contributed by atoms with Gasteiger partial charge in [-0.3, -0.25) is 0 Å². The number of hydrogen-bond donors (Lipinski definition) is 1. The highest BCUT2D eigenvalue weighted by atomic mass is 79.9. The fraction of sp³-hybridized carbons (Fsp3) is 0.636. The van der Waals surface area contributed by atoms with Gasteiger partial charge in [0.2, 0.25) is 0 Å². The molecule has 0 fully saturated rings. The SMILES string of the molecule is CSCCCCCCNc1ncncc1Br. The molecule has 0 saturated heterocycles. The fourth-order valence-corrected chi connectivity index (χ4v) is 2.23. The highest BCUT2D eigenvalue weighted by Gasteiger charge is 1.98. The summed E-state index contributed by atoms with van der Waals surface area (Å²) in [6.07, 6.45) is 10.6. The Bertz CT molecular complexity index is 296. The summed E-state index contributed by atoms with van der Waals surface area (Å²) in [5, 5.41) is 3.30. The molecular weight excluding hydrogens is 286 g/mol. The molecule has 90 valence electrons. The first-order valence-corrected chi connectivity index (χ1v) is 7.71. The van der Waals surface area contributed by atoms with E-state index in [1.807, 2.05) is 11.8 Å². The molecule has 0 bridgehead atoms. The van der Waals surface area contributed by atoms with Gasteiger partial charge in [-0.05, 0) is 40.8 Å². The third-order valence-electron chi connectivity index (χ3n) is 2.24. The Hall–Kier alpha value is -0.290. The second-order valence-electron chi connectivity index (χ2n) is 3.55. The van der Waals surface area contributed by atoms with Crippen LogP contribution in [-0.2, 0) is 0 Å². The summed E-state index contributed by atoms with van der Waals surface area (Å²) in [6.45, 7) is 0.981. The topological polar surface area (TPSA) is 37.8 Å². The van der Waals surface area contributed by atoms with Crippen LogP contribution < -0.4 is 5.32 Å². The van der Waals surface area contributed by atoms with Crippen LogP contribution in [0, 0.1) is 0 Å². The summed E-state index contributed by atoms with van der Waals surface area (Å²) in [6, 6.07) is 0. The molecule has 1 N–H and O–H groups in total. The largest absolute Gasteiger partial charge is 0.369 e. The van der Waals surface area contributed by atoms with Crippen LogP contribution in [0.1, 0.15) is 25.7 Å². The number of unbranched alkanes of at least 4 members (excludes halogenated alkanes) is 3. The molecule has 16 heavy (non-hydrogen) atoms. The first-order chi connectivity index (χ1) is 7.84. The van der Waals surface area contributed by atoms with Gasteiger partial charge in [0.15, 0.2) is 0 Å². The molecule has 0 radical (unpaired) electrons. The van der Waals surface area contributed by atoms with Crippen molar-refractivity contribution < 1.29 is 0 Å². The molecule has 1 aromatic rings. The normalized spacial score (nSPS) is 10.4. The van der Waals surface area contributed by atoms with E-state index in [-0.39, 0.29) is 0 Å².